The average Bonchev–Trinajstić information content (AvgIpc) is 2.56. The maximum absolute atomic E-state index is 12.4. The number of aliphatic carboxylic acids is 1. The van der Waals surface area contributed by atoms with E-state index < -0.39 is 17.9 Å². The van der Waals surface area contributed by atoms with Crippen molar-refractivity contribution in [3.63, 3.8) is 0 Å². The summed E-state index contributed by atoms with van der Waals surface area (Å²) in [5.74, 6) is -0.836. The zero-order chi connectivity index (χ0) is 17.7. The molecule has 1 aromatic carbocycles. The van der Waals surface area contributed by atoms with E-state index in [1.807, 2.05) is 6.07 Å². The van der Waals surface area contributed by atoms with Crippen molar-refractivity contribution < 1.29 is 19.4 Å². The second-order valence-electron chi connectivity index (χ2n) is 5.41. The number of nitrogens with zero attached hydrogens (tertiary/aromatic N) is 1. The van der Waals surface area contributed by atoms with Crippen LogP contribution in [0.4, 0.5) is 0 Å². The summed E-state index contributed by atoms with van der Waals surface area (Å²) in [6, 6.07) is 6.13. The van der Waals surface area contributed by atoms with Gasteiger partial charge in [-0.1, -0.05) is 6.08 Å². The molecule has 6 heteroatoms. The molecule has 2 rings (SSSR count). The molecule has 24 heavy (non-hydrogen) atoms. The first-order valence-corrected chi connectivity index (χ1v) is 7.56. The summed E-state index contributed by atoms with van der Waals surface area (Å²) < 4.78 is 5.16. The number of carbonyl (C=O) groups excluding carboxylic acids is 1. The number of pyridine rings is 1. The molecule has 126 valence electrons. The molecule has 0 aliphatic rings. The number of benzene rings is 1. The standard InChI is InChI=1S/C18H20N2O4/c1-4-5-6-15(18(22)23)20-17(21)14-9-12-7-8-13(24-3)10-16(12)19-11(14)2/h4,7-10,15H,1,5-6H2,2-3H3,(H,20,21)(H,22,23). The molecule has 0 aliphatic heterocycles. The second kappa shape index (κ2) is 7.59. The van der Waals surface area contributed by atoms with Crippen molar-refractivity contribution in [2.24, 2.45) is 0 Å². The lowest BCUT2D eigenvalue weighted by molar-refractivity contribution is -0.139. The zero-order valence-electron chi connectivity index (χ0n) is 13.7. The molecule has 6 nitrogen and oxygen atoms in total. The Kier molecular flexibility index (Phi) is 5.52. The highest BCUT2D eigenvalue weighted by atomic mass is 16.5. The van der Waals surface area contributed by atoms with Crippen molar-refractivity contribution in [3.8, 4) is 5.75 Å². The summed E-state index contributed by atoms with van der Waals surface area (Å²) in [4.78, 5) is 28.1. The van der Waals surface area contributed by atoms with Gasteiger partial charge in [0.2, 0.25) is 0 Å². The van der Waals surface area contributed by atoms with Gasteiger partial charge in [-0.15, -0.1) is 6.58 Å². The number of carboxylic acid groups (broad SMARTS) is 1. The van der Waals surface area contributed by atoms with Gasteiger partial charge in [-0.3, -0.25) is 9.78 Å². The number of rotatable bonds is 7. The number of hydrogen-bond donors (Lipinski definition) is 2. The first kappa shape index (κ1) is 17.5. The Balaban J connectivity index is 2.29. The first-order chi connectivity index (χ1) is 11.5. The van der Waals surface area contributed by atoms with Gasteiger partial charge in [0.1, 0.15) is 11.8 Å². The molecule has 0 saturated heterocycles. The molecule has 1 unspecified atom stereocenters. The molecule has 1 amide bonds. The van der Waals surface area contributed by atoms with E-state index in [-0.39, 0.29) is 0 Å². The van der Waals surface area contributed by atoms with Gasteiger partial charge in [0.25, 0.3) is 5.91 Å². The molecule has 0 radical (unpaired) electrons. The highest BCUT2D eigenvalue weighted by Crippen LogP contribution is 2.21. The van der Waals surface area contributed by atoms with Crippen molar-refractivity contribution in [1.29, 1.82) is 0 Å². The van der Waals surface area contributed by atoms with Crippen LogP contribution in [0.2, 0.25) is 0 Å². The topological polar surface area (TPSA) is 88.5 Å². The van der Waals surface area contributed by atoms with E-state index in [0.29, 0.717) is 35.4 Å². The molecular formula is C18H20N2O4. The van der Waals surface area contributed by atoms with Crippen molar-refractivity contribution in [3.05, 3.63) is 48.2 Å². The first-order valence-electron chi connectivity index (χ1n) is 7.56. The lowest BCUT2D eigenvalue weighted by Crippen LogP contribution is -2.41. The molecule has 0 fully saturated rings. The maximum Gasteiger partial charge on any atom is 0.326 e. The normalized spacial score (nSPS) is 11.8. The fourth-order valence-electron chi connectivity index (χ4n) is 2.38. The lowest BCUT2D eigenvalue weighted by Gasteiger charge is -2.15. The minimum Gasteiger partial charge on any atom is -0.497 e. The number of fused-ring (bicyclic) bond motifs is 1. The van der Waals surface area contributed by atoms with Gasteiger partial charge in [-0.05, 0) is 38.0 Å². The van der Waals surface area contributed by atoms with Gasteiger partial charge in [0, 0.05) is 11.5 Å². The van der Waals surface area contributed by atoms with Crippen LogP contribution in [0.15, 0.2) is 36.9 Å². The molecule has 2 aromatic rings. The predicted molar refractivity (Wildman–Crippen MR) is 91.4 cm³/mol. The minimum atomic E-state index is -1.07. The van der Waals surface area contributed by atoms with Crippen LogP contribution in [-0.2, 0) is 4.79 Å². The monoisotopic (exact) mass is 328 g/mol. The summed E-state index contributed by atoms with van der Waals surface area (Å²) in [5, 5.41) is 12.5. The Morgan fingerprint density at radius 1 is 1.42 bits per heavy atom. The third kappa shape index (κ3) is 3.90. The van der Waals surface area contributed by atoms with E-state index in [0.717, 1.165) is 5.39 Å². The SMILES string of the molecule is C=CCCC(NC(=O)c1cc2ccc(OC)cc2nc1C)C(=O)O. The number of hydrogen-bond acceptors (Lipinski definition) is 4. The number of methoxy groups -OCH3 is 1. The smallest absolute Gasteiger partial charge is 0.326 e. The number of amides is 1. The van der Waals surface area contributed by atoms with Gasteiger partial charge < -0.3 is 15.2 Å². The molecule has 1 heterocycles. The summed E-state index contributed by atoms with van der Waals surface area (Å²) in [7, 11) is 1.57. The fourth-order valence-corrected chi connectivity index (χ4v) is 2.38. The maximum atomic E-state index is 12.4. The zero-order valence-corrected chi connectivity index (χ0v) is 13.7. The number of carbonyl (C=O) groups is 2. The molecule has 2 N–H and O–H groups in total. The minimum absolute atomic E-state index is 0.293. The Bertz CT molecular complexity index is 786. The number of aryl methyl sites for hydroxylation is 1. The van der Waals surface area contributed by atoms with E-state index in [1.54, 1.807) is 38.3 Å². The van der Waals surface area contributed by atoms with Crippen LogP contribution < -0.4 is 10.1 Å². The van der Waals surface area contributed by atoms with Crippen molar-refractivity contribution >= 4 is 22.8 Å². The highest BCUT2D eigenvalue weighted by molar-refractivity contribution is 6.00. The van der Waals surface area contributed by atoms with Crippen LogP contribution in [0.3, 0.4) is 0 Å². The quantitative estimate of drug-likeness (QED) is 0.763. The van der Waals surface area contributed by atoms with Gasteiger partial charge in [0.05, 0.1) is 23.9 Å². The summed E-state index contributed by atoms with van der Waals surface area (Å²) in [5.41, 5.74) is 1.60. The van der Waals surface area contributed by atoms with Crippen LogP contribution in [-0.4, -0.2) is 35.1 Å². The van der Waals surface area contributed by atoms with Crippen LogP contribution >= 0.6 is 0 Å². The molecule has 0 aliphatic carbocycles. The van der Waals surface area contributed by atoms with E-state index in [2.05, 4.69) is 16.9 Å². The number of carboxylic acids is 1. The largest absolute Gasteiger partial charge is 0.497 e. The highest BCUT2D eigenvalue weighted by Gasteiger charge is 2.21. The predicted octanol–water partition coefficient (Wildman–Crippen LogP) is 2.70. The summed E-state index contributed by atoms with van der Waals surface area (Å²) >= 11 is 0. The van der Waals surface area contributed by atoms with E-state index in [4.69, 9.17) is 4.74 Å². The Morgan fingerprint density at radius 3 is 2.79 bits per heavy atom. The van der Waals surface area contributed by atoms with E-state index in [9.17, 15) is 14.7 Å². The van der Waals surface area contributed by atoms with Gasteiger partial charge >= 0.3 is 5.97 Å². The van der Waals surface area contributed by atoms with Crippen molar-refractivity contribution in [2.45, 2.75) is 25.8 Å². The second-order valence-corrected chi connectivity index (χ2v) is 5.41. The van der Waals surface area contributed by atoms with Gasteiger partial charge in [0.15, 0.2) is 0 Å². The Hall–Kier alpha value is -2.89. The van der Waals surface area contributed by atoms with Crippen molar-refractivity contribution in [1.82, 2.24) is 10.3 Å². The van der Waals surface area contributed by atoms with Crippen LogP contribution in [0, 0.1) is 6.92 Å². The molecule has 0 saturated carbocycles. The molecule has 0 bridgehead atoms. The molecule has 1 aromatic heterocycles. The molecular weight excluding hydrogens is 308 g/mol. The van der Waals surface area contributed by atoms with Gasteiger partial charge in [-0.2, -0.15) is 0 Å². The number of ether oxygens (including phenoxy) is 1. The molecule has 1 atom stereocenters. The van der Waals surface area contributed by atoms with E-state index in [1.165, 1.54) is 0 Å². The van der Waals surface area contributed by atoms with Crippen molar-refractivity contribution in [2.75, 3.05) is 7.11 Å². The Morgan fingerprint density at radius 2 is 2.17 bits per heavy atom. The molecule has 0 spiro atoms. The van der Waals surface area contributed by atoms with E-state index >= 15 is 0 Å². The summed E-state index contributed by atoms with van der Waals surface area (Å²) in [6.45, 7) is 5.28. The number of allylic oxidation sites excluding steroid dienone is 1. The number of aromatic nitrogens is 1. The van der Waals surface area contributed by atoms with Crippen LogP contribution in [0.1, 0.15) is 28.9 Å². The van der Waals surface area contributed by atoms with Crippen LogP contribution in [0.25, 0.3) is 10.9 Å². The lowest BCUT2D eigenvalue weighted by atomic mass is 10.1. The fraction of sp³-hybridized carbons (Fsp3) is 0.278. The number of nitrogens with one attached hydrogen (secondary N) is 1. The van der Waals surface area contributed by atoms with Gasteiger partial charge in [-0.25, -0.2) is 4.79 Å². The average molecular weight is 328 g/mol. The van der Waals surface area contributed by atoms with Crippen LogP contribution in [0.5, 0.6) is 5.75 Å². The Labute approximate surface area is 140 Å². The third-order valence-corrected chi connectivity index (χ3v) is 3.72. The third-order valence-electron chi connectivity index (χ3n) is 3.72. The summed E-state index contributed by atoms with van der Waals surface area (Å²) in [6.07, 6.45) is 2.42.